The van der Waals surface area contributed by atoms with Gasteiger partial charge in [-0.15, -0.1) is 6.58 Å². The first-order chi connectivity index (χ1) is 19.2. The molecule has 0 aliphatic carbocycles. The van der Waals surface area contributed by atoms with Gasteiger partial charge in [-0.2, -0.15) is 0 Å². The van der Waals surface area contributed by atoms with E-state index in [4.69, 9.17) is 44.3 Å². The zero-order chi connectivity index (χ0) is 28.7. The van der Waals surface area contributed by atoms with E-state index >= 15 is 0 Å². The van der Waals surface area contributed by atoms with Crippen molar-refractivity contribution in [3.8, 4) is 11.1 Å². The molecule has 0 spiro atoms. The van der Waals surface area contributed by atoms with Gasteiger partial charge in [-0.05, 0) is 40.9 Å². The van der Waals surface area contributed by atoms with Gasteiger partial charge in [0.1, 0.15) is 0 Å². The summed E-state index contributed by atoms with van der Waals surface area (Å²) >= 11 is 16.9. The Morgan fingerprint density at radius 2 is 1.73 bits per heavy atom. The minimum absolute atomic E-state index is 0.00532. The normalized spacial score (nSPS) is 19.4. The maximum absolute atomic E-state index is 11.9. The number of aliphatic hydroxyl groups is 1. The fourth-order valence-corrected chi connectivity index (χ4v) is 4.85. The molecule has 0 saturated carbocycles. The lowest BCUT2D eigenvalue weighted by atomic mass is 9.99. The number of ether oxygens (including phenoxy) is 2. The van der Waals surface area contributed by atoms with E-state index in [-0.39, 0.29) is 25.4 Å². The maximum atomic E-state index is 11.9. The first-order valence-electron chi connectivity index (χ1n) is 13.0. The van der Waals surface area contributed by atoms with Crippen molar-refractivity contribution < 1.29 is 19.4 Å². The molecule has 3 aromatic carbocycles. The Morgan fingerprint density at radius 3 is 2.38 bits per heavy atom. The van der Waals surface area contributed by atoms with Crippen LogP contribution in [0.2, 0.25) is 0 Å². The van der Waals surface area contributed by atoms with Crippen molar-refractivity contribution in [3.63, 3.8) is 0 Å². The van der Waals surface area contributed by atoms with E-state index in [0.717, 1.165) is 52.9 Å². The molecule has 1 aliphatic heterocycles. The molecule has 3 unspecified atom stereocenters. The number of benzene rings is 3. The zero-order valence-electron chi connectivity index (χ0n) is 22.2. The number of hydrogen-bond acceptors (Lipinski definition) is 5. The highest BCUT2D eigenvalue weighted by Gasteiger charge is 2.33. The quantitative estimate of drug-likeness (QED) is 0.205. The number of alkyl halides is 3. The van der Waals surface area contributed by atoms with E-state index in [1.165, 1.54) is 0 Å². The molecule has 212 valence electrons. The number of carbonyl (C=O) groups is 1. The molecule has 1 heterocycles. The van der Waals surface area contributed by atoms with Gasteiger partial charge < -0.3 is 24.8 Å². The summed E-state index contributed by atoms with van der Waals surface area (Å²) in [5, 5.41) is 12.1. The van der Waals surface area contributed by atoms with Gasteiger partial charge in [-0.25, -0.2) is 0 Å². The number of rotatable bonds is 10. The van der Waals surface area contributed by atoms with Crippen LogP contribution in [0, 0.1) is 0 Å². The zero-order valence-corrected chi connectivity index (χ0v) is 24.5. The number of likely N-dealkylation sites (N-methyl/N-ethyl adjacent to an activating group) is 1. The molecule has 3 atom stereocenters. The van der Waals surface area contributed by atoms with Crippen molar-refractivity contribution in [3.05, 3.63) is 108 Å². The lowest BCUT2D eigenvalue weighted by Crippen LogP contribution is -2.37. The maximum Gasteiger partial charge on any atom is 0.272 e. The fraction of sp³-hybridized carbons (Fsp3) is 0.323. The SMILES string of the molecule is C=CCN(C)CC1CC(c2ccc(CO)cc2)OC(c2ccc(-c3cccc(CNC(=O)C(Cl)(Cl)Cl)c3)cc2)O1. The van der Waals surface area contributed by atoms with E-state index in [9.17, 15) is 9.90 Å². The summed E-state index contributed by atoms with van der Waals surface area (Å²) in [6, 6.07) is 23.8. The molecule has 1 fully saturated rings. The lowest BCUT2D eigenvalue weighted by Gasteiger charge is -2.37. The molecule has 6 nitrogen and oxygen atoms in total. The summed E-state index contributed by atoms with van der Waals surface area (Å²) in [5.74, 6) is -0.670. The molecule has 1 aliphatic rings. The van der Waals surface area contributed by atoms with Gasteiger partial charge in [0.05, 0.1) is 18.8 Å². The first-order valence-corrected chi connectivity index (χ1v) is 14.1. The van der Waals surface area contributed by atoms with Crippen LogP contribution in [-0.2, 0) is 27.4 Å². The Morgan fingerprint density at radius 1 is 1.02 bits per heavy atom. The van der Waals surface area contributed by atoms with Crippen LogP contribution in [0.15, 0.2) is 85.5 Å². The van der Waals surface area contributed by atoms with Crippen molar-refractivity contribution in [2.45, 2.75) is 41.9 Å². The summed E-state index contributed by atoms with van der Waals surface area (Å²) in [6.07, 6.45) is 1.88. The molecule has 1 amide bonds. The van der Waals surface area contributed by atoms with Crippen LogP contribution in [-0.4, -0.2) is 45.9 Å². The van der Waals surface area contributed by atoms with Gasteiger partial charge in [-0.3, -0.25) is 4.79 Å². The van der Waals surface area contributed by atoms with Gasteiger partial charge in [-0.1, -0.05) is 108 Å². The average molecular weight is 604 g/mol. The average Bonchev–Trinajstić information content (AvgIpc) is 2.95. The van der Waals surface area contributed by atoms with Crippen molar-refractivity contribution in [2.24, 2.45) is 0 Å². The molecule has 9 heteroatoms. The van der Waals surface area contributed by atoms with Crippen LogP contribution in [0.3, 0.4) is 0 Å². The van der Waals surface area contributed by atoms with Crippen LogP contribution in [0.1, 0.15) is 41.1 Å². The first kappa shape index (κ1) is 30.5. The van der Waals surface area contributed by atoms with Gasteiger partial charge in [0.25, 0.3) is 9.70 Å². The number of aliphatic hydroxyl groups excluding tert-OH is 1. The molecule has 40 heavy (non-hydrogen) atoms. The van der Waals surface area contributed by atoms with Gasteiger partial charge in [0.15, 0.2) is 6.29 Å². The highest BCUT2D eigenvalue weighted by molar-refractivity contribution is 6.76. The second-order valence-corrected chi connectivity index (χ2v) is 12.1. The molecule has 4 rings (SSSR count). The summed E-state index contributed by atoms with van der Waals surface area (Å²) in [4.78, 5) is 14.1. The van der Waals surface area contributed by atoms with Gasteiger partial charge >= 0.3 is 0 Å². The predicted molar refractivity (Wildman–Crippen MR) is 160 cm³/mol. The van der Waals surface area contributed by atoms with E-state index in [1.54, 1.807) is 0 Å². The molecular formula is C31H33Cl3N2O4. The smallest absolute Gasteiger partial charge is 0.272 e. The van der Waals surface area contributed by atoms with E-state index in [2.05, 4.69) is 16.8 Å². The summed E-state index contributed by atoms with van der Waals surface area (Å²) in [7, 11) is 2.05. The predicted octanol–water partition coefficient (Wildman–Crippen LogP) is 6.50. The molecule has 2 N–H and O–H groups in total. The number of nitrogens with zero attached hydrogens (tertiary/aromatic N) is 1. The Kier molecular flexibility index (Phi) is 10.7. The summed E-state index contributed by atoms with van der Waals surface area (Å²) in [6.45, 7) is 5.60. The molecule has 3 aromatic rings. The number of carbonyl (C=O) groups excluding carboxylic acids is 1. The van der Waals surface area contributed by atoms with Crippen molar-refractivity contribution >= 4 is 40.7 Å². The van der Waals surface area contributed by atoms with E-state index in [1.807, 2.05) is 85.9 Å². The molecular weight excluding hydrogens is 571 g/mol. The highest BCUT2D eigenvalue weighted by Crippen LogP contribution is 2.38. The Labute approximate surface area is 250 Å². The van der Waals surface area contributed by atoms with Crippen LogP contribution in [0.5, 0.6) is 0 Å². The summed E-state index contributed by atoms with van der Waals surface area (Å²) < 4.78 is 10.9. The third kappa shape index (κ3) is 8.30. The van der Waals surface area contributed by atoms with E-state index in [0.29, 0.717) is 0 Å². The minimum atomic E-state index is -2.00. The van der Waals surface area contributed by atoms with Crippen molar-refractivity contribution in [1.29, 1.82) is 0 Å². The third-order valence-corrected chi connectivity index (χ3v) is 7.24. The second kappa shape index (κ2) is 14.0. The molecule has 1 saturated heterocycles. The minimum Gasteiger partial charge on any atom is -0.392 e. The van der Waals surface area contributed by atoms with Gasteiger partial charge in [0, 0.05) is 31.6 Å². The number of nitrogens with one attached hydrogen (secondary N) is 1. The van der Waals surface area contributed by atoms with Gasteiger partial charge in [0.2, 0.25) is 0 Å². The fourth-order valence-electron chi connectivity index (χ4n) is 4.65. The molecule has 0 radical (unpaired) electrons. The van der Waals surface area contributed by atoms with Crippen molar-refractivity contribution in [1.82, 2.24) is 10.2 Å². The van der Waals surface area contributed by atoms with Crippen LogP contribution in [0.4, 0.5) is 0 Å². The lowest BCUT2D eigenvalue weighted by molar-refractivity contribution is -0.252. The third-order valence-electron chi connectivity index (χ3n) is 6.72. The Bertz CT molecular complexity index is 1280. The topological polar surface area (TPSA) is 71.0 Å². The van der Waals surface area contributed by atoms with Crippen LogP contribution >= 0.6 is 34.8 Å². The molecule has 0 bridgehead atoms. The summed E-state index contributed by atoms with van der Waals surface area (Å²) in [5.41, 5.74) is 5.71. The van der Waals surface area contributed by atoms with Crippen LogP contribution < -0.4 is 5.32 Å². The Balaban J connectivity index is 1.50. The number of halogens is 3. The Hall–Kier alpha value is -2.42. The molecule has 0 aromatic heterocycles. The van der Waals surface area contributed by atoms with E-state index < -0.39 is 16.0 Å². The van der Waals surface area contributed by atoms with Crippen molar-refractivity contribution in [2.75, 3.05) is 20.1 Å². The largest absolute Gasteiger partial charge is 0.392 e. The highest BCUT2D eigenvalue weighted by atomic mass is 35.6. The monoisotopic (exact) mass is 602 g/mol. The standard InChI is InChI=1S/C31H33Cl3N2O4/c1-3-15-36(2)19-27-17-28(24-9-7-21(20-37)8-10-24)40-29(39-27)25-13-11-23(12-14-25)26-6-4-5-22(16-26)18-35-30(38)31(32,33)34/h3-14,16,27-29,37H,1,15,17-20H2,2H3,(H,35,38). The number of amides is 1. The second-order valence-electron chi connectivity index (χ2n) is 9.86. The number of hydrogen-bond donors (Lipinski definition) is 2. The van der Waals surface area contributed by atoms with Crippen LogP contribution in [0.25, 0.3) is 11.1 Å².